The van der Waals surface area contributed by atoms with Crippen molar-refractivity contribution in [1.29, 1.82) is 0 Å². The molecule has 0 spiro atoms. The molecule has 0 saturated carbocycles. The van der Waals surface area contributed by atoms with Crippen LogP contribution in [0.2, 0.25) is 0 Å². The molecular formula is C10H11N3O2S. The highest BCUT2D eigenvalue weighted by atomic mass is 32.2. The van der Waals surface area contributed by atoms with E-state index in [2.05, 4.69) is 9.97 Å². The summed E-state index contributed by atoms with van der Waals surface area (Å²) in [5.41, 5.74) is 0.720. The third-order valence-electron chi connectivity index (χ3n) is 2.35. The van der Waals surface area contributed by atoms with Gasteiger partial charge in [0.05, 0.1) is 6.61 Å². The van der Waals surface area contributed by atoms with E-state index in [1.54, 1.807) is 19.3 Å². The molecule has 2 heterocycles. The molecule has 6 heteroatoms. The summed E-state index contributed by atoms with van der Waals surface area (Å²) < 4.78 is 1.43. The molecule has 0 aliphatic heterocycles. The van der Waals surface area contributed by atoms with Crippen LogP contribution in [0.3, 0.4) is 0 Å². The van der Waals surface area contributed by atoms with Crippen LogP contribution in [0.1, 0.15) is 5.56 Å². The Morgan fingerprint density at radius 1 is 1.56 bits per heavy atom. The number of hydrogen-bond acceptors (Lipinski definition) is 5. The van der Waals surface area contributed by atoms with E-state index in [1.165, 1.54) is 16.3 Å². The van der Waals surface area contributed by atoms with Crippen molar-refractivity contribution < 1.29 is 5.11 Å². The van der Waals surface area contributed by atoms with E-state index in [4.69, 9.17) is 5.11 Å². The normalized spacial score (nSPS) is 10.9. The van der Waals surface area contributed by atoms with Gasteiger partial charge in [0.25, 0.3) is 5.56 Å². The smallest absolute Gasteiger partial charge is 0.257 e. The first-order valence-electron chi connectivity index (χ1n) is 4.68. The number of aliphatic hydroxyl groups excluding tert-OH is 1. The van der Waals surface area contributed by atoms with Crippen molar-refractivity contribution in [3.63, 3.8) is 0 Å². The van der Waals surface area contributed by atoms with Crippen LogP contribution >= 0.6 is 11.8 Å². The quantitative estimate of drug-likeness (QED) is 0.610. The van der Waals surface area contributed by atoms with E-state index in [1.807, 2.05) is 6.26 Å². The molecule has 84 valence electrons. The summed E-state index contributed by atoms with van der Waals surface area (Å²) in [5, 5.41) is 10.4. The molecule has 0 amide bonds. The standard InChI is InChI=1S/C10H11N3O2S/c1-13-8-6(3-7(5-14)9(13)15)4-11-10(12-8)16-2/h3-4,14H,5H2,1-2H3. The van der Waals surface area contributed by atoms with Gasteiger partial charge >= 0.3 is 0 Å². The SMILES string of the molecule is CSc1ncc2cc(CO)c(=O)n(C)c2n1. The minimum Gasteiger partial charge on any atom is -0.391 e. The number of fused-ring (bicyclic) bond motifs is 1. The predicted molar refractivity (Wildman–Crippen MR) is 62.5 cm³/mol. The molecule has 0 atom stereocenters. The molecule has 2 rings (SSSR count). The number of pyridine rings is 1. The molecule has 0 radical (unpaired) electrons. The highest BCUT2D eigenvalue weighted by Crippen LogP contribution is 2.14. The molecule has 0 aliphatic carbocycles. The van der Waals surface area contributed by atoms with Crippen LogP contribution in [0.15, 0.2) is 22.2 Å². The summed E-state index contributed by atoms with van der Waals surface area (Å²) in [4.78, 5) is 20.1. The van der Waals surface area contributed by atoms with E-state index >= 15 is 0 Å². The topological polar surface area (TPSA) is 68.0 Å². The van der Waals surface area contributed by atoms with Gasteiger partial charge in [0.1, 0.15) is 5.65 Å². The highest BCUT2D eigenvalue weighted by molar-refractivity contribution is 7.98. The monoisotopic (exact) mass is 237 g/mol. The minimum absolute atomic E-state index is 0.222. The minimum atomic E-state index is -0.271. The van der Waals surface area contributed by atoms with Gasteiger partial charge < -0.3 is 5.11 Å². The number of aliphatic hydroxyl groups is 1. The fourth-order valence-corrected chi connectivity index (χ4v) is 1.85. The first-order chi connectivity index (χ1) is 7.67. The van der Waals surface area contributed by atoms with E-state index in [0.29, 0.717) is 16.4 Å². The molecule has 0 unspecified atom stereocenters. The molecule has 0 fully saturated rings. The Labute approximate surface area is 96.2 Å². The molecular weight excluding hydrogens is 226 g/mol. The van der Waals surface area contributed by atoms with Crippen molar-refractivity contribution in [3.05, 3.63) is 28.2 Å². The summed E-state index contributed by atoms with van der Waals surface area (Å²) >= 11 is 1.42. The van der Waals surface area contributed by atoms with E-state index in [0.717, 1.165) is 5.39 Å². The van der Waals surface area contributed by atoms with Crippen molar-refractivity contribution in [1.82, 2.24) is 14.5 Å². The fourth-order valence-electron chi connectivity index (χ4n) is 1.51. The van der Waals surface area contributed by atoms with Crippen molar-refractivity contribution in [2.75, 3.05) is 6.26 Å². The zero-order chi connectivity index (χ0) is 11.7. The molecule has 16 heavy (non-hydrogen) atoms. The lowest BCUT2D eigenvalue weighted by Crippen LogP contribution is -2.22. The van der Waals surface area contributed by atoms with Gasteiger partial charge in [-0.2, -0.15) is 0 Å². The van der Waals surface area contributed by atoms with Crippen molar-refractivity contribution in [2.24, 2.45) is 7.05 Å². The van der Waals surface area contributed by atoms with Gasteiger partial charge in [-0.1, -0.05) is 11.8 Å². The van der Waals surface area contributed by atoms with Gasteiger partial charge in [-0.15, -0.1) is 0 Å². The molecule has 0 saturated heterocycles. The molecule has 0 aromatic carbocycles. The number of thioether (sulfide) groups is 1. The molecule has 2 aromatic rings. The van der Waals surface area contributed by atoms with Crippen LogP contribution in [0.5, 0.6) is 0 Å². The van der Waals surface area contributed by atoms with Gasteiger partial charge in [0.2, 0.25) is 0 Å². The Balaban J connectivity index is 2.82. The van der Waals surface area contributed by atoms with Gasteiger partial charge in [-0.3, -0.25) is 9.36 Å². The van der Waals surface area contributed by atoms with E-state index < -0.39 is 0 Å². The highest BCUT2D eigenvalue weighted by Gasteiger charge is 2.08. The fraction of sp³-hybridized carbons (Fsp3) is 0.300. The van der Waals surface area contributed by atoms with Gasteiger partial charge in [0.15, 0.2) is 5.16 Å². The van der Waals surface area contributed by atoms with Crippen LogP contribution in [-0.2, 0) is 13.7 Å². The maximum absolute atomic E-state index is 11.7. The molecule has 5 nitrogen and oxygen atoms in total. The zero-order valence-electron chi connectivity index (χ0n) is 8.97. The third kappa shape index (κ3) is 1.70. The van der Waals surface area contributed by atoms with Gasteiger partial charge in [-0.25, -0.2) is 9.97 Å². The van der Waals surface area contributed by atoms with Crippen LogP contribution in [0.4, 0.5) is 0 Å². The Hall–Kier alpha value is -1.40. The van der Waals surface area contributed by atoms with Gasteiger partial charge in [-0.05, 0) is 12.3 Å². The Morgan fingerprint density at radius 2 is 2.31 bits per heavy atom. The van der Waals surface area contributed by atoms with E-state index in [9.17, 15) is 4.79 Å². The second kappa shape index (κ2) is 4.23. The molecule has 2 aromatic heterocycles. The summed E-state index contributed by atoms with van der Waals surface area (Å²) in [6.07, 6.45) is 3.54. The number of hydrogen-bond donors (Lipinski definition) is 1. The van der Waals surface area contributed by atoms with Crippen LogP contribution in [0.25, 0.3) is 11.0 Å². The average Bonchev–Trinajstić information content (AvgIpc) is 2.33. The molecule has 1 N–H and O–H groups in total. The number of aryl methyl sites for hydroxylation is 1. The summed E-state index contributed by atoms with van der Waals surface area (Å²) in [6, 6.07) is 1.63. The average molecular weight is 237 g/mol. The van der Waals surface area contributed by atoms with Gasteiger partial charge in [0, 0.05) is 24.2 Å². The number of aromatic nitrogens is 3. The van der Waals surface area contributed by atoms with Crippen molar-refractivity contribution in [2.45, 2.75) is 11.8 Å². The lowest BCUT2D eigenvalue weighted by molar-refractivity contribution is 0.279. The molecule has 0 aliphatic rings. The Morgan fingerprint density at radius 3 is 2.94 bits per heavy atom. The van der Waals surface area contributed by atoms with Crippen LogP contribution in [-0.4, -0.2) is 25.9 Å². The van der Waals surface area contributed by atoms with Crippen molar-refractivity contribution >= 4 is 22.8 Å². The summed E-state index contributed by atoms with van der Waals surface area (Å²) in [6.45, 7) is -0.271. The first-order valence-corrected chi connectivity index (χ1v) is 5.90. The number of rotatable bonds is 2. The van der Waals surface area contributed by atoms with Crippen LogP contribution < -0.4 is 5.56 Å². The Bertz CT molecular complexity index is 594. The molecule has 0 bridgehead atoms. The number of nitrogens with zero attached hydrogens (tertiary/aromatic N) is 3. The second-order valence-electron chi connectivity index (χ2n) is 3.33. The second-order valence-corrected chi connectivity index (χ2v) is 4.10. The van der Waals surface area contributed by atoms with E-state index in [-0.39, 0.29) is 12.2 Å². The lowest BCUT2D eigenvalue weighted by Gasteiger charge is -2.06. The maximum atomic E-state index is 11.7. The lowest BCUT2D eigenvalue weighted by atomic mass is 10.2. The van der Waals surface area contributed by atoms with Crippen LogP contribution in [0, 0.1) is 0 Å². The predicted octanol–water partition coefficient (Wildman–Crippen LogP) is 0.543. The first kappa shape index (κ1) is 11.1. The maximum Gasteiger partial charge on any atom is 0.257 e. The Kier molecular flexibility index (Phi) is 2.93. The largest absolute Gasteiger partial charge is 0.391 e. The summed E-state index contributed by atoms with van der Waals surface area (Å²) in [7, 11) is 1.64. The summed E-state index contributed by atoms with van der Waals surface area (Å²) in [5.74, 6) is 0. The zero-order valence-corrected chi connectivity index (χ0v) is 9.78. The third-order valence-corrected chi connectivity index (χ3v) is 2.92. The van der Waals surface area contributed by atoms with Crippen molar-refractivity contribution in [3.8, 4) is 0 Å².